The van der Waals surface area contributed by atoms with Gasteiger partial charge < -0.3 is 47.7 Å². The van der Waals surface area contributed by atoms with Crippen molar-refractivity contribution in [3.8, 4) is 0 Å². The summed E-state index contributed by atoms with van der Waals surface area (Å²) in [7, 11) is 0. The standard InChI is InChI=1S/C42H56F2N4O18/c1-40-8-5-26(66-39(56)65-24-48-21-31(44)34(51)46-36(48)53)19-25(40)3-4-27-28(40)6-9-41(2)29(27)7-10-42(41,57)32(49)22-63-37(54)61-17-15-59-13-11-58-12-14-60-16-18-62-38(55)64-23-47-20-30(43)33(50)45-35(47)52/h20-21,25-29,57H,3-19,22-24H2,1-2H3,(H,45,50,52)(H,46,51,53)/t25-,26-,27-,28+,29+,40+,41+,42+/m1/s1. The molecule has 4 aliphatic carbocycles. The summed E-state index contributed by atoms with van der Waals surface area (Å²) in [6, 6.07) is 0. The van der Waals surface area contributed by atoms with Crippen LogP contribution in [0.3, 0.4) is 0 Å². The maximum atomic E-state index is 13.6. The topological polar surface area (TPSA) is 281 Å². The molecule has 0 radical (unpaired) electrons. The summed E-state index contributed by atoms with van der Waals surface area (Å²) in [5.41, 5.74) is -6.69. The van der Waals surface area contributed by atoms with E-state index >= 15 is 0 Å². The Morgan fingerprint density at radius 2 is 1.17 bits per heavy atom. The largest absolute Gasteiger partial charge is 0.510 e. The lowest BCUT2D eigenvalue weighted by molar-refractivity contribution is -0.175. The van der Waals surface area contributed by atoms with Crippen molar-refractivity contribution in [3.05, 3.63) is 65.7 Å². The van der Waals surface area contributed by atoms with Crippen molar-refractivity contribution in [3.63, 3.8) is 0 Å². The number of ketones is 1. The number of aromatic amines is 2. The average molecular weight is 943 g/mol. The van der Waals surface area contributed by atoms with Crippen molar-refractivity contribution in [2.45, 2.75) is 96.8 Å². The highest BCUT2D eigenvalue weighted by molar-refractivity contribution is 5.90. The number of hydrogen-bond acceptors (Lipinski definition) is 18. The van der Waals surface area contributed by atoms with Gasteiger partial charge in [0.15, 0.2) is 20.1 Å². The Labute approximate surface area is 375 Å². The summed E-state index contributed by atoms with van der Waals surface area (Å²) >= 11 is 0. The highest BCUT2D eigenvalue weighted by atomic mass is 19.1. The van der Waals surface area contributed by atoms with E-state index in [2.05, 4.69) is 11.7 Å². The number of H-pyrrole nitrogens is 2. The second-order valence-corrected chi connectivity index (χ2v) is 17.5. The van der Waals surface area contributed by atoms with E-state index in [1.54, 1.807) is 9.97 Å². The van der Waals surface area contributed by atoms with Crippen molar-refractivity contribution in [1.82, 2.24) is 19.1 Å². The Morgan fingerprint density at radius 1 is 0.652 bits per heavy atom. The summed E-state index contributed by atoms with van der Waals surface area (Å²) in [6.45, 7) is 2.77. The van der Waals surface area contributed by atoms with Gasteiger partial charge in [-0.05, 0) is 86.9 Å². The van der Waals surface area contributed by atoms with E-state index in [4.69, 9.17) is 37.9 Å². The molecule has 2 heterocycles. The zero-order valence-corrected chi connectivity index (χ0v) is 36.7. The van der Waals surface area contributed by atoms with Gasteiger partial charge in [0.2, 0.25) is 17.4 Å². The Balaban J connectivity index is 0.812. The molecule has 0 bridgehead atoms. The Morgan fingerprint density at radius 3 is 1.74 bits per heavy atom. The highest BCUT2D eigenvalue weighted by Gasteiger charge is 2.67. The van der Waals surface area contributed by atoms with E-state index in [1.807, 2.05) is 6.92 Å². The molecule has 0 unspecified atom stereocenters. The van der Waals surface area contributed by atoms with Crippen LogP contribution < -0.4 is 22.5 Å². The number of fused-ring (bicyclic) bond motifs is 5. The van der Waals surface area contributed by atoms with Gasteiger partial charge in [-0.3, -0.25) is 33.5 Å². The minimum atomic E-state index is -1.67. The van der Waals surface area contributed by atoms with Crippen molar-refractivity contribution < 1.29 is 75.7 Å². The van der Waals surface area contributed by atoms with E-state index < -0.39 is 95.6 Å². The van der Waals surface area contributed by atoms with Gasteiger partial charge in [-0.15, -0.1) is 0 Å². The molecule has 0 aromatic carbocycles. The Kier molecular flexibility index (Phi) is 16.6. The number of halogens is 2. The van der Waals surface area contributed by atoms with Crippen LogP contribution in [-0.4, -0.2) is 120 Å². The molecule has 24 heteroatoms. The molecule has 0 saturated heterocycles. The molecule has 66 heavy (non-hydrogen) atoms. The fourth-order valence-electron chi connectivity index (χ4n) is 10.6. The highest BCUT2D eigenvalue weighted by Crippen LogP contribution is 2.68. The molecule has 4 saturated carbocycles. The van der Waals surface area contributed by atoms with Crippen molar-refractivity contribution in [2.24, 2.45) is 34.5 Å². The molecule has 8 atom stereocenters. The van der Waals surface area contributed by atoms with Crippen LogP contribution in [0, 0.1) is 46.1 Å². The van der Waals surface area contributed by atoms with Crippen LogP contribution in [-0.2, 0) is 60.9 Å². The molecule has 4 aliphatic rings. The monoisotopic (exact) mass is 942 g/mol. The van der Waals surface area contributed by atoms with Gasteiger partial charge >= 0.3 is 29.8 Å². The zero-order valence-electron chi connectivity index (χ0n) is 36.7. The van der Waals surface area contributed by atoms with Crippen LogP contribution >= 0.6 is 0 Å². The number of rotatable bonds is 20. The lowest BCUT2D eigenvalue weighted by Gasteiger charge is -2.61. The van der Waals surface area contributed by atoms with Crippen LogP contribution in [0.15, 0.2) is 31.6 Å². The predicted octanol–water partition coefficient (Wildman–Crippen LogP) is 2.50. The smallest absolute Gasteiger partial charge is 0.432 e. The fourth-order valence-corrected chi connectivity index (χ4v) is 10.6. The number of aromatic nitrogens is 4. The SMILES string of the molecule is C[C@]12CC[C@@H](OC(=O)OCn3cc(F)c(=O)[nH]c3=O)C[C@H]1CC[C@@H]1[C@@H]2CC[C@@]2(C)[C@H]1CC[C@]2(O)C(=O)COC(=O)OCCOCCOCCOCCOC(=O)OCn1cc(F)c(=O)[nH]c1=O. The molecule has 6 rings (SSSR count). The van der Waals surface area contributed by atoms with Gasteiger partial charge in [0, 0.05) is 5.41 Å². The first-order chi connectivity index (χ1) is 31.4. The molecule has 22 nitrogen and oxygen atoms in total. The second-order valence-electron chi connectivity index (χ2n) is 17.5. The van der Waals surface area contributed by atoms with E-state index in [9.17, 15) is 52.2 Å². The molecule has 4 fully saturated rings. The number of aliphatic hydroxyl groups is 1. The van der Waals surface area contributed by atoms with Gasteiger partial charge in [-0.1, -0.05) is 13.8 Å². The minimum absolute atomic E-state index is 0.00949. The van der Waals surface area contributed by atoms with E-state index in [1.165, 1.54) is 0 Å². The van der Waals surface area contributed by atoms with Gasteiger partial charge in [0.1, 0.15) is 24.9 Å². The maximum Gasteiger partial charge on any atom is 0.510 e. The Hall–Kier alpha value is -5.46. The third-order valence-corrected chi connectivity index (χ3v) is 14.0. The van der Waals surface area contributed by atoms with Crippen molar-refractivity contribution >= 4 is 24.2 Å². The van der Waals surface area contributed by atoms with Gasteiger partial charge in [-0.25, -0.2) is 24.0 Å². The van der Waals surface area contributed by atoms with Crippen LogP contribution in [0.25, 0.3) is 0 Å². The number of nitrogens with one attached hydrogen (secondary N) is 2. The molecular formula is C42H56F2N4O18. The van der Waals surface area contributed by atoms with E-state index in [-0.39, 0.29) is 82.4 Å². The summed E-state index contributed by atoms with van der Waals surface area (Å²) in [6.07, 6.45) is 3.77. The first kappa shape index (κ1) is 50.0. The zero-order chi connectivity index (χ0) is 47.6. The molecule has 0 spiro atoms. The molecule has 366 valence electrons. The quantitative estimate of drug-likeness (QED) is 0.0977. The summed E-state index contributed by atoms with van der Waals surface area (Å²) < 4.78 is 74.5. The summed E-state index contributed by atoms with van der Waals surface area (Å²) in [5, 5.41) is 12.0. The third kappa shape index (κ3) is 11.6. The summed E-state index contributed by atoms with van der Waals surface area (Å²) in [4.78, 5) is 99.3. The number of carbonyl (C=O) groups is 4. The molecular weight excluding hydrogens is 886 g/mol. The number of Topliss-reactive ketones (excluding diaryl/α,β-unsaturated/α-hetero) is 1. The first-order valence-electron chi connectivity index (χ1n) is 21.8. The number of carbonyl (C=O) groups excluding carboxylic acids is 4. The lowest BCUT2D eigenvalue weighted by atomic mass is 9.44. The molecule has 3 N–H and O–H groups in total. The number of ether oxygens (including phenoxy) is 9. The lowest BCUT2D eigenvalue weighted by Crippen LogP contribution is -2.59. The number of nitrogens with zero attached hydrogens (tertiary/aromatic N) is 2. The van der Waals surface area contributed by atoms with Gasteiger partial charge in [0.05, 0.1) is 52.0 Å². The van der Waals surface area contributed by atoms with Crippen LogP contribution in [0.2, 0.25) is 0 Å². The molecule has 2 aromatic rings. The normalized spacial score (nSPS) is 27.7. The van der Waals surface area contributed by atoms with Crippen molar-refractivity contribution in [2.75, 3.05) is 59.5 Å². The predicted molar refractivity (Wildman–Crippen MR) is 218 cm³/mol. The Bertz CT molecular complexity index is 2300. The van der Waals surface area contributed by atoms with Crippen LogP contribution in [0.1, 0.15) is 71.6 Å². The molecule has 2 aromatic heterocycles. The fraction of sp³-hybridized carbons (Fsp3) is 0.714. The van der Waals surface area contributed by atoms with Gasteiger partial charge in [-0.2, -0.15) is 8.78 Å². The average Bonchev–Trinajstić information content (AvgIpc) is 3.56. The first-order valence-corrected chi connectivity index (χ1v) is 21.8. The van der Waals surface area contributed by atoms with Crippen LogP contribution in [0.5, 0.6) is 0 Å². The van der Waals surface area contributed by atoms with E-state index in [0.717, 1.165) is 25.7 Å². The van der Waals surface area contributed by atoms with E-state index in [0.29, 0.717) is 53.1 Å². The van der Waals surface area contributed by atoms with Gasteiger partial charge in [0.25, 0.3) is 11.1 Å². The number of hydrogen-bond donors (Lipinski definition) is 3. The molecule has 0 amide bonds. The molecule has 0 aliphatic heterocycles. The maximum absolute atomic E-state index is 13.6. The second kappa shape index (κ2) is 21.9. The summed E-state index contributed by atoms with van der Waals surface area (Å²) in [5.74, 6) is -2.02. The van der Waals surface area contributed by atoms with Crippen LogP contribution in [0.4, 0.5) is 23.2 Å². The van der Waals surface area contributed by atoms with Crippen molar-refractivity contribution in [1.29, 1.82) is 0 Å². The third-order valence-electron chi connectivity index (χ3n) is 14.0. The minimum Gasteiger partial charge on any atom is -0.432 e.